The SMILES string of the molecule is CCOc1cc(C)nc(N(CCBr)Cc2ccccc2)n1. The summed E-state index contributed by atoms with van der Waals surface area (Å²) >= 11 is 3.50. The van der Waals surface area contributed by atoms with Gasteiger partial charge in [0.15, 0.2) is 0 Å². The van der Waals surface area contributed by atoms with Crippen molar-refractivity contribution in [3.8, 4) is 5.88 Å². The minimum absolute atomic E-state index is 0.604. The highest BCUT2D eigenvalue weighted by molar-refractivity contribution is 9.09. The fraction of sp³-hybridized carbons (Fsp3) is 0.375. The molecule has 1 aromatic heterocycles. The summed E-state index contributed by atoms with van der Waals surface area (Å²) in [7, 11) is 0. The fourth-order valence-corrected chi connectivity index (χ4v) is 2.47. The van der Waals surface area contributed by atoms with Crippen LogP contribution in [-0.4, -0.2) is 28.4 Å². The van der Waals surface area contributed by atoms with Gasteiger partial charge in [0.25, 0.3) is 0 Å². The molecule has 5 heteroatoms. The molecule has 0 aliphatic carbocycles. The molecule has 0 radical (unpaired) electrons. The quantitative estimate of drug-likeness (QED) is 0.716. The summed E-state index contributed by atoms with van der Waals surface area (Å²) < 4.78 is 5.52. The molecule has 112 valence electrons. The molecule has 2 aromatic rings. The largest absolute Gasteiger partial charge is 0.478 e. The van der Waals surface area contributed by atoms with E-state index in [1.807, 2.05) is 38.1 Å². The van der Waals surface area contributed by atoms with Crippen LogP contribution in [0, 0.1) is 6.92 Å². The summed E-state index contributed by atoms with van der Waals surface area (Å²) in [5, 5.41) is 0.862. The maximum atomic E-state index is 5.52. The zero-order valence-electron chi connectivity index (χ0n) is 12.4. The number of rotatable bonds is 7. The smallest absolute Gasteiger partial charge is 0.229 e. The first kappa shape index (κ1) is 15.8. The van der Waals surface area contributed by atoms with Crippen LogP contribution in [0.2, 0.25) is 0 Å². The molecule has 0 amide bonds. The van der Waals surface area contributed by atoms with Crippen molar-refractivity contribution in [2.45, 2.75) is 20.4 Å². The molecular formula is C16H20BrN3O. The van der Waals surface area contributed by atoms with Gasteiger partial charge in [0.2, 0.25) is 11.8 Å². The predicted octanol–water partition coefficient (Wildman–Crippen LogP) is 3.59. The van der Waals surface area contributed by atoms with E-state index in [1.165, 1.54) is 5.56 Å². The first-order valence-corrected chi connectivity index (χ1v) is 8.18. The Morgan fingerprint density at radius 1 is 1.19 bits per heavy atom. The maximum absolute atomic E-state index is 5.52. The highest BCUT2D eigenvalue weighted by Crippen LogP contribution is 2.18. The Morgan fingerprint density at radius 3 is 2.62 bits per heavy atom. The van der Waals surface area contributed by atoms with Crippen molar-refractivity contribution in [3.05, 3.63) is 47.7 Å². The van der Waals surface area contributed by atoms with E-state index in [-0.39, 0.29) is 0 Å². The summed E-state index contributed by atoms with van der Waals surface area (Å²) in [4.78, 5) is 11.2. The predicted molar refractivity (Wildman–Crippen MR) is 89.2 cm³/mol. The van der Waals surface area contributed by atoms with Crippen LogP contribution >= 0.6 is 15.9 Å². The normalized spacial score (nSPS) is 10.4. The lowest BCUT2D eigenvalue weighted by molar-refractivity contribution is 0.326. The lowest BCUT2D eigenvalue weighted by Crippen LogP contribution is -2.27. The van der Waals surface area contributed by atoms with E-state index >= 15 is 0 Å². The third-order valence-corrected chi connectivity index (χ3v) is 3.32. The van der Waals surface area contributed by atoms with E-state index in [0.717, 1.165) is 24.1 Å². The van der Waals surface area contributed by atoms with Gasteiger partial charge in [-0.15, -0.1) is 0 Å². The number of anilines is 1. The van der Waals surface area contributed by atoms with Gasteiger partial charge in [-0.05, 0) is 19.4 Å². The van der Waals surface area contributed by atoms with E-state index in [0.29, 0.717) is 18.4 Å². The zero-order valence-corrected chi connectivity index (χ0v) is 14.0. The van der Waals surface area contributed by atoms with E-state index < -0.39 is 0 Å². The molecule has 0 saturated carbocycles. The molecule has 2 rings (SSSR count). The lowest BCUT2D eigenvalue weighted by atomic mass is 10.2. The molecule has 4 nitrogen and oxygen atoms in total. The fourth-order valence-electron chi connectivity index (χ4n) is 2.04. The lowest BCUT2D eigenvalue weighted by Gasteiger charge is -2.22. The first-order valence-electron chi connectivity index (χ1n) is 7.06. The number of hydrogen-bond donors (Lipinski definition) is 0. The standard InChI is InChI=1S/C16H20BrN3O/c1-3-21-15-11-13(2)18-16(19-15)20(10-9-17)12-14-7-5-4-6-8-14/h4-8,11H,3,9-10,12H2,1-2H3. The van der Waals surface area contributed by atoms with E-state index in [4.69, 9.17) is 4.74 Å². The van der Waals surface area contributed by atoms with Crippen LogP contribution < -0.4 is 9.64 Å². The van der Waals surface area contributed by atoms with E-state index in [9.17, 15) is 0 Å². The number of ether oxygens (including phenoxy) is 1. The third kappa shape index (κ3) is 4.70. The third-order valence-electron chi connectivity index (χ3n) is 2.96. The van der Waals surface area contributed by atoms with Crippen molar-refractivity contribution in [3.63, 3.8) is 0 Å². The second-order valence-electron chi connectivity index (χ2n) is 4.68. The van der Waals surface area contributed by atoms with Crippen molar-refractivity contribution in [2.24, 2.45) is 0 Å². The van der Waals surface area contributed by atoms with Crippen molar-refractivity contribution in [2.75, 3.05) is 23.4 Å². The Labute approximate surface area is 134 Å². The molecule has 0 unspecified atom stereocenters. The van der Waals surface area contributed by atoms with Gasteiger partial charge < -0.3 is 9.64 Å². The molecule has 0 N–H and O–H groups in total. The Kier molecular flexibility index (Phi) is 5.99. The van der Waals surface area contributed by atoms with Crippen molar-refractivity contribution in [1.29, 1.82) is 0 Å². The Hall–Kier alpha value is -1.62. The first-order chi connectivity index (χ1) is 10.2. The van der Waals surface area contributed by atoms with Crippen molar-refractivity contribution < 1.29 is 4.74 Å². The van der Waals surface area contributed by atoms with Crippen molar-refractivity contribution in [1.82, 2.24) is 9.97 Å². The number of halogens is 1. The number of alkyl halides is 1. The number of nitrogens with zero attached hydrogens (tertiary/aromatic N) is 3. The summed E-state index contributed by atoms with van der Waals surface area (Å²) in [5.41, 5.74) is 2.15. The highest BCUT2D eigenvalue weighted by atomic mass is 79.9. The summed E-state index contributed by atoms with van der Waals surface area (Å²) in [6.45, 7) is 6.14. The molecular weight excluding hydrogens is 330 g/mol. The second kappa shape index (κ2) is 7.98. The molecule has 21 heavy (non-hydrogen) atoms. The second-order valence-corrected chi connectivity index (χ2v) is 5.47. The molecule has 0 aliphatic heterocycles. The summed E-state index contributed by atoms with van der Waals surface area (Å²) in [6.07, 6.45) is 0. The van der Waals surface area contributed by atoms with Crippen LogP contribution in [-0.2, 0) is 6.54 Å². The minimum Gasteiger partial charge on any atom is -0.478 e. The molecule has 0 atom stereocenters. The topological polar surface area (TPSA) is 38.2 Å². The van der Waals surface area contributed by atoms with Crippen LogP contribution in [0.25, 0.3) is 0 Å². The van der Waals surface area contributed by atoms with Gasteiger partial charge in [0, 0.05) is 30.2 Å². The van der Waals surface area contributed by atoms with Crippen LogP contribution in [0.3, 0.4) is 0 Å². The average molecular weight is 350 g/mol. The number of aryl methyl sites for hydroxylation is 1. The van der Waals surface area contributed by atoms with Gasteiger partial charge >= 0.3 is 0 Å². The monoisotopic (exact) mass is 349 g/mol. The van der Waals surface area contributed by atoms with Crippen LogP contribution in [0.15, 0.2) is 36.4 Å². The summed E-state index contributed by atoms with van der Waals surface area (Å²) in [5.74, 6) is 1.34. The zero-order chi connectivity index (χ0) is 15.1. The molecule has 0 spiro atoms. The molecule has 1 aromatic carbocycles. The number of aromatic nitrogens is 2. The van der Waals surface area contributed by atoms with Gasteiger partial charge in [-0.25, -0.2) is 4.98 Å². The number of benzene rings is 1. The van der Waals surface area contributed by atoms with Gasteiger partial charge in [0.05, 0.1) is 6.61 Å². The van der Waals surface area contributed by atoms with Gasteiger partial charge in [-0.3, -0.25) is 0 Å². The molecule has 0 bridgehead atoms. The van der Waals surface area contributed by atoms with Gasteiger partial charge in [0.1, 0.15) is 0 Å². The van der Waals surface area contributed by atoms with E-state index in [2.05, 4.69) is 42.9 Å². The van der Waals surface area contributed by atoms with E-state index in [1.54, 1.807) is 0 Å². The molecule has 0 fully saturated rings. The Morgan fingerprint density at radius 2 is 1.95 bits per heavy atom. The maximum Gasteiger partial charge on any atom is 0.229 e. The van der Waals surface area contributed by atoms with Gasteiger partial charge in [-0.1, -0.05) is 46.3 Å². The Bertz CT molecular complexity index is 563. The number of hydrogen-bond acceptors (Lipinski definition) is 4. The summed E-state index contributed by atoms with van der Waals surface area (Å²) in [6, 6.07) is 12.2. The molecule has 0 aliphatic rings. The van der Waals surface area contributed by atoms with Crippen LogP contribution in [0.1, 0.15) is 18.2 Å². The molecule has 0 saturated heterocycles. The molecule has 1 heterocycles. The minimum atomic E-state index is 0.604. The Balaban J connectivity index is 2.24. The van der Waals surface area contributed by atoms with Crippen molar-refractivity contribution >= 4 is 21.9 Å². The average Bonchev–Trinajstić information content (AvgIpc) is 2.48. The van der Waals surface area contributed by atoms with Crippen LogP contribution in [0.5, 0.6) is 5.88 Å². The highest BCUT2D eigenvalue weighted by Gasteiger charge is 2.12. The van der Waals surface area contributed by atoms with Crippen LogP contribution in [0.4, 0.5) is 5.95 Å². The van der Waals surface area contributed by atoms with Gasteiger partial charge in [-0.2, -0.15) is 4.98 Å².